The number of phosphoric acid groups is 2. The summed E-state index contributed by atoms with van der Waals surface area (Å²) in [4.78, 5) is 73.3. The molecule has 0 aliphatic rings. The van der Waals surface area contributed by atoms with Crippen LogP contribution in [0.25, 0.3) is 0 Å². The summed E-state index contributed by atoms with van der Waals surface area (Å²) in [6.07, 6.45) is 73.9. The van der Waals surface area contributed by atoms with Crippen molar-refractivity contribution in [2.45, 2.75) is 503 Å². The molecule has 654 valence electrons. The highest BCUT2D eigenvalue weighted by Gasteiger charge is 2.31. The Bertz CT molecular complexity index is 2120. The second kappa shape index (κ2) is 80.8. The van der Waals surface area contributed by atoms with E-state index in [9.17, 15) is 43.2 Å². The summed E-state index contributed by atoms with van der Waals surface area (Å²) in [6.45, 7) is 12.0. The summed E-state index contributed by atoms with van der Waals surface area (Å²) < 4.78 is 69.0. The van der Waals surface area contributed by atoms with Gasteiger partial charge in [0.05, 0.1) is 26.4 Å². The van der Waals surface area contributed by atoms with Crippen LogP contribution >= 0.6 is 15.6 Å². The molecule has 0 radical (unpaired) electrons. The van der Waals surface area contributed by atoms with Gasteiger partial charge in [0.15, 0.2) is 12.2 Å². The Kier molecular flexibility index (Phi) is 79.4. The van der Waals surface area contributed by atoms with Gasteiger partial charge in [-0.25, -0.2) is 9.13 Å². The molecule has 0 bridgehead atoms. The maximum atomic E-state index is 13.2. The van der Waals surface area contributed by atoms with E-state index in [4.69, 9.17) is 37.0 Å². The minimum absolute atomic E-state index is 0.107. The summed E-state index contributed by atoms with van der Waals surface area (Å²) in [7, 11) is -9.93. The molecule has 0 aromatic carbocycles. The number of rotatable bonds is 89. The second-order valence-electron chi connectivity index (χ2n) is 33.9. The molecular weight excluding hydrogens is 1430 g/mol. The monoisotopic (exact) mass is 1610 g/mol. The molecule has 6 atom stereocenters. The minimum atomic E-state index is -4.97. The molecular formula is C91H178O17P2. The SMILES string of the molecule is CCCCCCCCCCCCCCCCCCCCCCC(=O)OC[C@H](COP(=O)(O)OC[C@@H](O)COP(=O)(O)OC[C@@H](COC(=O)CCCCCCCCC(C)C)OC(=O)CCCCCCCCCCCCCCCCCCC(C)C)OC(=O)CCCCCCCCCCCCCCCCCCCCC(C)CC. The van der Waals surface area contributed by atoms with Gasteiger partial charge in [0, 0.05) is 25.7 Å². The third kappa shape index (κ3) is 82.6. The summed E-state index contributed by atoms with van der Waals surface area (Å²) in [6, 6.07) is 0. The molecule has 0 aromatic rings. The van der Waals surface area contributed by atoms with E-state index in [0.29, 0.717) is 31.6 Å². The smallest absolute Gasteiger partial charge is 0.462 e. The molecule has 0 fully saturated rings. The van der Waals surface area contributed by atoms with Crippen molar-refractivity contribution >= 4 is 39.5 Å². The van der Waals surface area contributed by atoms with Crippen LogP contribution < -0.4 is 0 Å². The maximum Gasteiger partial charge on any atom is 0.472 e. The van der Waals surface area contributed by atoms with Crippen LogP contribution in [0.2, 0.25) is 0 Å². The molecule has 0 heterocycles. The summed E-state index contributed by atoms with van der Waals surface area (Å²) in [5.74, 6) is 0.258. The number of hydrogen-bond donors (Lipinski definition) is 3. The highest BCUT2D eigenvalue weighted by atomic mass is 31.2. The average Bonchev–Trinajstić information content (AvgIpc) is 0.898. The lowest BCUT2D eigenvalue weighted by molar-refractivity contribution is -0.161. The number of aliphatic hydroxyl groups is 1. The summed E-state index contributed by atoms with van der Waals surface area (Å²) in [5.41, 5.74) is 0. The zero-order chi connectivity index (χ0) is 80.8. The molecule has 0 amide bonds. The van der Waals surface area contributed by atoms with Crippen LogP contribution in [0.4, 0.5) is 0 Å². The lowest BCUT2D eigenvalue weighted by Crippen LogP contribution is -2.30. The fourth-order valence-corrected chi connectivity index (χ4v) is 15.8. The van der Waals surface area contributed by atoms with Crippen molar-refractivity contribution < 1.29 is 80.2 Å². The van der Waals surface area contributed by atoms with Gasteiger partial charge in [0.25, 0.3) is 0 Å². The number of unbranched alkanes of at least 4 members (excludes halogenated alkanes) is 56. The predicted molar refractivity (Wildman–Crippen MR) is 455 cm³/mol. The molecule has 110 heavy (non-hydrogen) atoms. The van der Waals surface area contributed by atoms with Gasteiger partial charge in [0.2, 0.25) is 0 Å². The van der Waals surface area contributed by atoms with E-state index in [1.165, 1.54) is 289 Å². The molecule has 0 spiro atoms. The highest BCUT2D eigenvalue weighted by molar-refractivity contribution is 7.47. The topological polar surface area (TPSA) is 237 Å². The van der Waals surface area contributed by atoms with Crippen LogP contribution in [-0.4, -0.2) is 96.7 Å². The number of hydrogen-bond acceptors (Lipinski definition) is 15. The van der Waals surface area contributed by atoms with E-state index in [1.54, 1.807) is 0 Å². The Labute approximate surface area is 677 Å². The molecule has 0 aliphatic carbocycles. The lowest BCUT2D eigenvalue weighted by atomic mass is 9.99. The number of esters is 4. The fourth-order valence-electron chi connectivity index (χ4n) is 14.2. The first-order valence-corrected chi connectivity index (χ1v) is 49.9. The number of ether oxygens (including phenoxy) is 4. The van der Waals surface area contributed by atoms with E-state index < -0.39 is 97.5 Å². The number of carbonyl (C=O) groups excluding carboxylic acids is 4. The summed E-state index contributed by atoms with van der Waals surface area (Å²) in [5, 5.41) is 10.7. The van der Waals surface area contributed by atoms with Gasteiger partial charge in [-0.3, -0.25) is 37.3 Å². The van der Waals surface area contributed by atoms with Gasteiger partial charge in [-0.1, -0.05) is 434 Å². The van der Waals surface area contributed by atoms with E-state index in [-0.39, 0.29) is 25.7 Å². The number of aliphatic hydroxyl groups excluding tert-OH is 1. The quantitative estimate of drug-likeness (QED) is 0.0222. The van der Waals surface area contributed by atoms with Crippen LogP contribution in [0.5, 0.6) is 0 Å². The third-order valence-electron chi connectivity index (χ3n) is 21.7. The van der Waals surface area contributed by atoms with Crippen molar-refractivity contribution in [1.29, 1.82) is 0 Å². The van der Waals surface area contributed by atoms with Crippen LogP contribution in [0.3, 0.4) is 0 Å². The Balaban J connectivity index is 5.20. The van der Waals surface area contributed by atoms with Gasteiger partial charge < -0.3 is 33.8 Å². The van der Waals surface area contributed by atoms with Crippen molar-refractivity contribution in [2.75, 3.05) is 39.6 Å². The maximum absolute atomic E-state index is 13.2. The first-order valence-electron chi connectivity index (χ1n) is 46.9. The molecule has 0 saturated heterocycles. The summed E-state index contributed by atoms with van der Waals surface area (Å²) >= 11 is 0. The Morgan fingerprint density at radius 2 is 0.464 bits per heavy atom. The molecule has 0 rings (SSSR count). The standard InChI is InChI=1S/C91H178O17P2/c1-8-10-11-12-13-14-15-16-17-18-19-20-24-30-35-40-45-50-58-65-72-88(93)101-78-86(107-90(95)74-67-60-51-46-41-36-31-25-22-21-23-29-34-39-44-49-57-64-71-84(7)9-2)80-105-109(97,98)103-76-85(92)77-104-110(99,100)106-81-87(79-102-89(94)73-66-59-54-53-56-63-70-83(5)6)108-91(96)75-68-61-52-47-42-37-32-27-26-28-33-38-43-48-55-62-69-82(3)4/h82-87,92H,8-81H2,1-7H3,(H,97,98)(H,99,100)/t84?,85-,86-,87-/m1/s1. The van der Waals surface area contributed by atoms with Gasteiger partial charge >= 0.3 is 39.5 Å². The Morgan fingerprint density at radius 3 is 0.691 bits per heavy atom. The molecule has 0 aromatic heterocycles. The van der Waals surface area contributed by atoms with Gasteiger partial charge in [-0.05, 0) is 43.4 Å². The first-order chi connectivity index (χ1) is 53.3. The number of carbonyl (C=O) groups is 4. The first kappa shape index (κ1) is 108. The van der Waals surface area contributed by atoms with Gasteiger partial charge in [0.1, 0.15) is 19.3 Å². The van der Waals surface area contributed by atoms with Crippen LogP contribution in [0, 0.1) is 17.8 Å². The van der Waals surface area contributed by atoms with Crippen molar-refractivity contribution in [3.8, 4) is 0 Å². The zero-order valence-corrected chi connectivity index (χ0v) is 74.5. The van der Waals surface area contributed by atoms with E-state index in [0.717, 1.165) is 108 Å². The van der Waals surface area contributed by atoms with Gasteiger partial charge in [-0.15, -0.1) is 0 Å². The van der Waals surface area contributed by atoms with Crippen LogP contribution in [-0.2, 0) is 65.4 Å². The molecule has 0 aliphatic heterocycles. The lowest BCUT2D eigenvalue weighted by Gasteiger charge is -2.21. The second-order valence-corrected chi connectivity index (χ2v) is 36.8. The highest BCUT2D eigenvalue weighted by Crippen LogP contribution is 2.45. The number of phosphoric ester groups is 2. The van der Waals surface area contributed by atoms with Crippen molar-refractivity contribution in [1.82, 2.24) is 0 Å². The normalized spacial score (nSPS) is 14.0. The Morgan fingerprint density at radius 1 is 0.264 bits per heavy atom. The predicted octanol–water partition coefficient (Wildman–Crippen LogP) is 28.0. The third-order valence-corrected chi connectivity index (χ3v) is 23.6. The van der Waals surface area contributed by atoms with Crippen LogP contribution in [0.1, 0.15) is 485 Å². The molecule has 19 heteroatoms. The van der Waals surface area contributed by atoms with Crippen molar-refractivity contribution in [3.63, 3.8) is 0 Å². The van der Waals surface area contributed by atoms with E-state index in [2.05, 4.69) is 48.5 Å². The van der Waals surface area contributed by atoms with Crippen molar-refractivity contribution in [3.05, 3.63) is 0 Å². The van der Waals surface area contributed by atoms with Gasteiger partial charge in [-0.2, -0.15) is 0 Å². The minimum Gasteiger partial charge on any atom is -0.462 e. The van der Waals surface area contributed by atoms with Crippen LogP contribution in [0.15, 0.2) is 0 Å². The zero-order valence-electron chi connectivity index (χ0n) is 72.7. The average molecular weight is 1610 g/mol. The molecule has 3 unspecified atom stereocenters. The Hall–Kier alpha value is -1.94. The molecule has 0 saturated carbocycles. The largest absolute Gasteiger partial charge is 0.472 e. The van der Waals surface area contributed by atoms with E-state index in [1.807, 2.05) is 0 Å². The van der Waals surface area contributed by atoms with E-state index >= 15 is 0 Å². The molecule has 17 nitrogen and oxygen atoms in total. The molecule has 3 N–H and O–H groups in total. The fraction of sp³-hybridized carbons (Fsp3) is 0.956. The van der Waals surface area contributed by atoms with Crippen molar-refractivity contribution in [2.24, 2.45) is 17.8 Å².